The first-order chi connectivity index (χ1) is 11.7. The van der Waals surface area contributed by atoms with E-state index in [0.29, 0.717) is 25.5 Å². The molecule has 1 N–H and O–H groups in total. The molecule has 5 nitrogen and oxygen atoms in total. The maximum Gasteiger partial charge on any atom is 0.323 e. The summed E-state index contributed by atoms with van der Waals surface area (Å²) in [4.78, 5) is 18.7. The molecule has 1 aliphatic heterocycles. The Morgan fingerprint density at radius 3 is 3.00 bits per heavy atom. The van der Waals surface area contributed by atoms with E-state index in [9.17, 15) is 4.79 Å². The molecule has 24 heavy (non-hydrogen) atoms. The number of fused-ring (bicyclic) bond motifs is 2. The fourth-order valence-electron chi connectivity index (χ4n) is 3.23. The summed E-state index contributed by atoms with van der Waals surface area (Å²) in [5.74, 6) is 1.46. The van der Waals surface area contributed by atoms with Crippen LogP contribution in [0.25, 0.3) is 0 Å². The average molecular weight is 388 g/mol. The highest BCUT2D eigenvalue weighted by atomic mass is 79.9. The Balaban J connectivity index is 1.49. The van der Waals surface area contributed by atoms with Gasteiger partial charge in [-0.2, -0.15) is 0 Å². The summed E-state index contributed by atoms with van der Waals surface area (Å²) in [6, 6.07) is 7.75. The van der Waals surface area contributed by atoms with Crippen molar-refractivity contribution in [2.45, 2.75) is 25.8 Å². The van der Waals surface area contributed by atoms with Crippen LogP contribution in [0.4, 0.5) is 10.6 Å². The number of aryl methyl sites for hydroxylation is 2. The van der Waals surface area contributed by atoms with Gasteiger partial charge in [0.1, 0.15) is 18.2 Å². The van der Waals surface area contributed by atoms with Crippen LogP contribution >= 0.6 is 15.9 Å². The highest BCUT2D eigenvalue weighted by Crippen LogP contribution is 2.27. The fourth-order valence-corrected chi connectivity index (χ4v) is 3.57. The Bertz CT molecular complexity index is 794. The lowest BCUT2D eigenvalue weighted by Crippen LogP contribution is -2.36. The number of carbonyl (C=O) groups excluding carboxylic acids is 1. The van der Waals surface area contributed by atoms with Crippen LogP contribution < -0.4 is 10.1 Å². The number of hydrogen-bond donors (Lipinski definition) is 1. The van der Waals surface area contributed by atoms with E-state index in [0.717, 1.165) is 28.6 Å². The molecular weight excluding hydrogens is 370 g/mol. The third-order valence-corrected chi connectivity index (χ3v) is 5.00. The molecule has 0 atom stereocenters. The van der Waals surface area contributed by atoms with Crippen LogP contribution in [0.15, 0.2) is 34.9 Å². The van der Waals surface area contributed by atoms with Gasteiger partial charge in [-0.15, -0.1) is 0 Å². The molecule has 0 unspecified atom stereocenters. The third kappa shape index (κ3) is 3.11. The zero-order valence-corrected chi connectivity index (χ0v) is 14.8. The summed E-state index contributed by atoms with van der Waals surface area (Å²) in [6.45, 7) is 1.55. The van der Waals surface area contributed by atoms with E-state index in [-0.39, 0.29) is 6.03 Å². The third-order valence-electron chi connectivity index (χ3n) is 4.51. The number of benzene rings is 1. The Hall–Kier alpha value is -2.08. The van der Waals surface area contributed by atoms with E-state index >= 15 is 0 Å². The predicted octanol–water partition coefficient (Wildman–Crippen LogP) is 3.76. The smallest absolute Gasteiger partial charge is 0.323 e. The second kappa shape index (κ2) is 6.43. The van der Waals surface area contributed by atoms with Gasteiger partial charge >= 0.3 is 6.03 Å². The van der Waals surface area contributed by atoms with E-state index in [1.165, 1.54) is 17.5 Å². The Kier molecular flexibility index (Phi) is 4.14. The minimum absolute atomic E-state index is 0.139. The molecule has 1 aromatic carbocycles. The van der Waals surface area contributed by atoms with Crippen LogP contribution in [0.5, 0.6) is 5.75 Å². The van der Waals surface area contributed by atoms with Gasteiger partial charge in [0.2, 0.25) is 0 Å². The molecule has 0 saturated carbocycles. The first kappa shape index (κ1) is 15.4. The number of rotatable bonds is 1. The van der Waals surface area contributed by atoms with Gasteiger partial charge < -0.3 is 9.64 Å². The fraction of sp³-hybridized carbons (Fsp3) is 0.333. The van der Waals surface area contributed by atoms with Gasteiger partial charge in [-0.25, -0.2) is 9.78 Å². The number of aromatic nitrogens is 1. The molecule has 0 radical (unpaired) electrons. The zero-order chi connectivity index (χ0) is 16.5. The average Bonchev–Trinajstić information content (AvgIpc) is 2.93. The van der Waals surface area contributed by atoms with Gasteiger partial charge in [0.15, 0.2) is 0 Å². The summed E-state index contributed by atoms with van der Waals surface area (Å²) < 4.78 is 6.73. The summed E-state index contributed by atoms with van der Waals surface area (Å²) in [5.41, 5.74) is 3.61. The number of amides is 2. The number of carbonyl (C=O) groups is 1. The Morgan fingerprint density at radius 2 is 2.08 bits per heavy atom. The van der Waals surface area contributed by atoms with Gasteiger partial charge in [-0.1, -0.05) is 22.0 Å². The normalized spacial score (nSPS) is 16.0. The minimum Gasteiger partial charge on any atom is -0.491 e. The van der Waals surface area contributed by atoms with Crippen LogP contribution in [0.3, 0.4) is 0 Å². The van der Waals surface area contributed by atoms with E-state index < -0.39 is 0 Å². The van der Waals surface area contributed by atoms with Crippen molar-refractivity contribution in [3.05, 3.63) is 51.6 Å². The lowest BCUT2D eigenvalue weighted by molar-refractivity contribution is 0.200. The maximum atomic E-state index is 12.6. The van der Waals surface area contributed by atoms with E-state index in [4.69, 9.17) is 4.74 Å². The van der Waals surface area contributed by atoms with E-state index in [1.807, 2.05) is 30.5 Å². The molecule has 124 valence electrons. The van der Waals surface area contributed by atoms with Crippen LogP contribution in [0, 0.1) is 0 Å². The second-order valence-electron chi connectivity index (χ2n) is 6.14. The second-order valence-corrected chi connectivity index (χ2v) is 7.06. The number of pyridine rings is 1. The summed E-state index contributed by atoms with van der Waals surface area (Å²) in [7, 11) is 0. The predicted molar refractivity (Wildman–Crippen MR) is 95.3 cm³/mol. The summed E-state index contributed by atoms with van der Waals surface area (Å²) in [5, 5.41) is 2.92. The number of nitrogens with zero attached hydrogens (tertiary/aromatic N) is 2. The van der Waals surface area contributed by atoms with Gasteiger partial charge in [0.05, 0.1) is 13.1 Å². The molecule has 4 rings (SSSR count). The van der Waals surface area contributed by atoms with Crippen LogP contribution in [-0.2, 0) is 19.4 Å². The van der Waals surface area contributed by atoms with E-state index in [1.54, 1.807) is 4.90 Å². The molecule has 0 spiro atoms. The van der Waals surface area contributed by atoms with Crippen molar-refractivity contribution in [3.63, 3.8) is 0 Å². The number of ether oxygens (including phenoxy) is 1. The molecule has 1 aliphatic carbocycles. The van der Waals surface area contributed by atoms with Crippen molar-refractivity contribution in [2.24, 2.45) is 0 Å². The van der Waals surface area contributed by atoms with Crippen molar-refractivity contribution in [3.8, 4) is 5.75 Å². The lowest BCUT2D eigenvalue weighted by atomic mass is 10.2. The molecule has 2 aromatic rings. The Labute approximate surface area is 149 Å². The van der Waals surface area contributed by atoms with Crippen molar-refractivity contribution in [1.82, 2.24) is 9.88 Å². The van der Waals surface area contributed by atoms with Crippen molar-refractivity contribution >= 4 is 27.8 Å². The lowest BCUT2D eigenvalue weighted by Gasteiger charge is -2.20. The molecule has 0 saturated heterocycles. The van der Waals surface area contributed by atoms with Crippen LogP contribution in [0.2, 0.25) is 0 Å². The van der Waals surface area contributed by atoms with E-state index in [2.05, 4.69) is 26.2 Å². The highest BCUT2D eigenvalue weighted by Gasteiger charge is 2.21. The molecule has 2 heterocycles. The number of hydrogen-bond acceptors (Lipinski definition) is 3. The quantitative estimate of drug-likeness (QED) is 0.810. The van der Waals surface area contributed by atoms with Crippen molar-refractivity contribution in [1.29, 1.82) is 0 Å². The standard InChI is InChI=1S/C18H18BrN3O2/c19-15-5-4-14-11-22(6-7-24-16(14)9-15)18(23)21-17-8-12-2-1-3-13(12)10-20-17/h4-5,8-10H,1-3,6-7,11H2,(H,20,21,23). The number of urea groups is 1. The highest BCUT2D eigenvalue weighted by molar-refractivity contribution is 9.10. The van der Waals surface area contributed by atoms with Gasteiger partial charge in [0.25, 0.3) is 0 Å². The number of nitrogens with one attached hydrogen (secondary N) is 1. The molecule has 2 amide bonds. The largest absolute Gasteiger partial charge is 0.491 e. The van der Waals surface area contributed by atoms with Crippen molar-refractivity contribution in [2.75, 3.05) is 18.5 Å². The molecule has 0 fully saturated rings. The maximum absolute atomic E-state index is 12.6. The van der Waals surface area contributed by atoms with Gasteiger partial charge in [-0.3, -0.25) is 5.32 Å². The SMILES string of the molecule is O=C(Nc1cc2c(cn1)CCC2)N1CCOc2cc(Br)ccc2C1. The molecule has 2 aliphatic rings. The summed E-state index contributed by atoms with van der Waals surface area (Å²) >= 11 is 3.45. The topological polar surface area (TPSA) is 54.5 Å². The first-order valence-corrected chi connectivity index (χ1v) is 8.93. The molecule has 6 heteroatoms. The first-order valence-electron chi connectivity index (χ1n) is 8.14. The zero-order valence-electron chi connectivity index (χ0n) is 13.2. The Morgan fingerprint density at radius 1 is 1.21 bits per heavy atom. The number of anilines is 1. The van der Waals surface area contributed by atoms with Crippen LogP contribution in [0.1, 0.15) is 23.1 Å². The summed E-state index contributed by atoms with van der Waals surface area (Å²) in [6.07, 6.45) is 5.22. The van der Waals surface area contributed by atoms with Crippen molar-refractivity contribution < 1.29 is 9.53 Å². The minimum atomic E-state index is -0.139. The monoisotopic (exact) mass is 387 g/mol. The van der Waals surface area contributed by atoms with Crippen LogP contribution in [-0.4, -0.2) is 29.1 Å². The molecule has 1 aromatic heterocycles. The number of halogens is 1. The molecule has 0 bridgehead atoms. The molecular formula is C18H18BrN3O2. The van der Waals surface area contributed by atoms with Gasteiger partial charge in [-0.05, 0) is 48.6 Å². The van der Waals surface area contributed by atoms with Gasteiger partial charge in [0, 0.05) is 16.2 Å².